The molecule has 4 aromatic rings. The third-order valence-electron chi connectivity index (χ3n) is 6.18. The van der Waals surface area contributed by atoms with Crippen molar-refractivity contribution >= 4 is 28.5 Å². The van der Waals surface area contributed by atoms with Crippen LogP contribution in [0.5, 0.6) is 5.75 Å². The van der Waals surface area contributed by atoms with Gasteiger partial charge in [-0.05, 0) is 53.9 Å². The number of fused-ring (bicyclic) bond motifs is 1. The van der Waals surface area contributed by atoms with E-state index in [1.165, 1.54) is 6.92 Å². The van der Waals surface area contributed by atoms with Gasteiger partial charge < -0.3 is 29.7 Å². The molecule has 1 aromatic heterocycles. The number of methoxy groups -OCH3 is 1. The molecule has 0 spiro atoms. The number of carbonyl (C=O) groups excluding carboxylic acids is 2. The fourth-order valence-electron chi connectivity index (χ4n) is 4.40. The highest BCUT2D eigenvalue weighted by molar-refractivity contribution is 5.94. The summed E-state index contributed by atoms with van der Waals surface area (Å²) in [5, 5.41) is 3.72. The Balaban J connectivity index is 1.70. The molecule has 0 saturated carbocycles. The van der Waals surface area contributed by atoms with Gasteiger partial charge in [0.05, 0.1) is 19.6 Å². The maximum atomic E-state index is 12.2. The third kappa shape index (κ3) is 7.25. The second-order valence-corrected chi connectivity index (χ2v) is 9.20. The predicted octanol–water partition coefficient (Wildman–Crippen LogP) is 5.39. The van der Waals surface area contributed by atoms with Crippen molar-refractivity contribution in [2.75, 3.05) is 25.6 Å². The summed E-state index contributed by atoms with van der Waals surface area (Å²) in [6.45, 7) is 4.73. The number of amides is 1. The second kappa shape index (κ2) is 13.1. The van der Waals surface area contributed by atoms with E-state index in [2.05, 4.69) is 11.4 Å². The number of nitrogens with two attached hydrogens (primary N) is 1. The lowest BCUT2D eigenvalue weighted by Crippen LogP contribution is -2.10. The highest BCUT2D eigenvalue weighted by Crippen LogP contribution is 2.34. The van der Waals surface area contributed by atoms with E-state index in [4.69, 9.17) is 24.4 Å². The van der Waals surface area contributed by atoms with Crippen LogP contribution in [0.15, 0.2) is 65.1 Å². The summed E-state index contributed by atoms with van der Waals surface area (Å²) in [4.78, 5) is 23.8. The standard InChI is InChI=1S/C31H34N2O6/c1-4-37-30(35)16-24-8-9-26(33-20(2)34)17-29(24)38-19-22-13-25-15-27(10-11-36-3)39-31(25)28(14-22)23-7-5-6-21(12-23)18-32/h5-9,12-15,17H,4,10-11,16,18-19,32H2,1-3H3,(H,33,34). The summed E-state index contributed by atoms with van der Waals surface area (Å²) in [6.07, 6.45) is 0.719. The molecule has 0 bridgehead atoms. The Labute approximate surface area is 228 Å². The molecule has 39 heavy (non-hydrogen) atoms. The molecule has 1 heterocycles. The highest BCUT2D eigenvalue weighted by atomic mass is 16.5. The monoisotopic (exact) mass is 530 g/mol. The van der Waals surface area contributed by atoms with E-state index in [0.29, 0.717) is 43.2 Å². The lowest BCUT2D eigenvalue weighted by Gasteiger charge is -2.14. The van der Waals surface area contributed by atoms with E-state index in [1.807, 2.05) is 36.4 Å². The van der Waals surface area contributed by atoms with Gasteiger partial charge in [0, 0.05) is 55.3 Å². The van der Waals surface area contributed by atoms with Gasteiger partial charge >= 0.3 is 5.97 Å². The molecule has 8 nitrogen and oxygen atoms in total. The van der Waals surface area contributed by atoms with E-state index in [-0.39, 0.29) is 24.9 Å². The van der Waals surface area contributed by atoms with E-state index < -0.39 is 0 Å². The van der Waals surface area contributed by atoms with E-state index in [1.54, 1.807) is 32.2 Å². The van der Waals surface area contributed by atoms with Crippen LogP contribution in [-0.2, 0) is 45.1 Å². The summed E-state index contributed by atoms with van der Waals surface area (Å²) in [5.74, 6) is 0.785. The van der Waals surface area contributed by atoms with Crippen LogP contribution in [0.2, 0.25) is 0 Å². The first-order valence-corrected chi connectivity index (χ1v) is 12.9. The minimum absolute atomic E-state index is 0.0598. The van der Waals surface area contributed by atoms with Crippen LogP contribution in [0, 0.1) is 0 Å². The van der Waals surface area contributed by atoms with Crippen LogP contribution >= 0.6 is 0 Å². The third-order valence-corrected chi connectivity index (χ3v) is 6.18. The van der Waals surface area contributed by atoms with Crippen molar-refractivity contribution in [1.29, 1.82) is 0 Å². The van der Waals surface area contributed by atoms with Crippen LogP contribution in [0.1, 0.15) is 36.3 Å². The summed E-state index contributed by atoms with van der Waals surface area (Å²) >= 11 is 0. The normalized spacial score (nSPS) is 11.0. The zero-order valence-electron chi connectivity index (χ0n) is 22.5. The van der Waals surface area contributed by atoms with Gasteiger partial charge in [-0.15, -0.1) is 0 Å². The smallest absolute Gasteiger partial charge is 0.310 e. The maximum absolute atomic E-state index is 12.2. The average molecular weight is 531 g/mol. The molecule has 0 atom stereocenters. The van der Waals surface area contributed by atoms with E-state index in [9.17, 15) is 9.59 Å². The van der Waals surface area contributed by atoms with E-state index >= 15 is 0 Å². The minimum atomic E-state index is -0.347. The quantitative estimate of drug-likeness (QED) is 0.236. The molecule has 0 aliphatic carbocycles. The van der Waals surface area contributed by atoms with Crippen LogP contribution < -0.4 is 15.8 Å². The highest BCUT2D eigenvalue weighted by Gasteiger charge is 2.16. The summed E-state index contributed by atoms with van der Waals surface area (Å²) in [6, 6.07) is 19.4. The zero-order valence-corrected chi connectivity index (χ0v) is 22.5. The molecule has 0 fully saturated rings. The van der Waals surface area contributed by atoms with Crippen molar-refractivity contribution in [3.63, 3.8) is 0 Å². The summed E-state index contributed by atoms with van der Waals surface area (Å²) in [5.41, 5.74) is 11.8. The molecule has 8 heteroatoms. The number of benzene rings is 3. The lowest BCUT2D eigenvalue weighted by molar-refractivity contribution is -0.142. The number of hydrogen-bond donors (Lipinski definition) is 2. The molecule has 204 valence electrons. The van der Waals surface area contributed by atoms with Gasteiger partial charge in [-0.3, -0.25) is 9.59 Å². The molecule has 0 saturated heterocycles. The Morgan fingerprint density at radius 3 is 2.62 bits per heavy atom. The molecular weight excluding hydrogens is 496 g/mol. The van der Waals surface area contributed by atoms with Gasteiger partial charge in [-0.2, -0.15) is 0 Å². The Hall–Kier alpha value is -4.14. The lowest BCUT2D eigenvalue weighted by atomic mass is 9.99. The molecule has 3 aromatic carbocycles. The second-order valence-electron chi connectivity index (χ2n) is 9.20. The van der Waals surface area contributed by atoms with Crippen molar-refractivity contribution in [3.8, 4) is 16.9 Å². The molecule has 0 aliphatic rings. The molecule has 3 N–H and O–H groups in total. The van der Waals surface area contributed by atoms with Crippen LogP contribution in [0.4, 0.5) is 5.69 Å². The Morgan fingerprint density at radius 1 is 1.03 bits per heavy atom. The molecule has 4 rings (SSSR count). The van der Waals surface area contributed by atoms with Gasteiger partial charge in [-0.1, -0.05) is 24.3 Å². The predicted molar refractivity (Wildman–Crippen MR) is 151 cm³/mol. The number of hydrogen-bond acceptors (Lipinski definition) is 7. The fourth-order valence-corrected chi connectivity index (χ4v) is 4.40. The Bertz CT molecular complexity index is 1460. The van der Waals surface area contributed by atoms with Gasteiger partial charge in [0.15, 0.2) is 0 Å². The topological polar surface area (TPSA) is 113 Å². The summed E-state index contributed by atoms with van der Waals surface area (Å²) < 4.78 is 22.9. The first-order valence-electron chi connectivity index (χ1n) is 12.9. The number of nitrogens with one attached hydrogen (secondary N) is 1. The number of carbonyl (C=O) groups is 2. The number of esters is 1. The van der Waals surface area contributed by atoms with Gasteiger partial charge in [0.2, 0.25) is 5.91 Å². The molecular formula is C31H34N2O6. The SMILES string of the molecule is CCOC(=O)Cc1ccc(NC(C)=O)cc1OCc1cc(-c2cccc(CN)c2)c2oc(CCOC)cc2c1. The van der Waals surface area contributed by atoms with Crippen molar-refractivity contribution in [3.05, 3.63) is 83.1 Å². The fraction of sp³-hybridized carbons (Fsp3) is 0.290. The number of rotatable bonds is 12. The molecule has 0 aliphatic heterocycles. The number of ether oxygens (including phenoxy) is 3. The molecule has 1 amide bonds. The van der Waals surface area contributed by atoms with Crippen molar-refractivity contribution in [2.45, 2.75) is 39.8 Å². The van der Waals surface area contributed by atoms with Crippen LogP contribution in [-0.4, -0.2) is 32.2 Å². The molecule has 0 radical (unpaired) electrons. The van der Waals surface area contributed by atoms with Crippen molar-refractivity contribution in [1.82, 2.24) is 0 Å². The van der Waals surface area contributed by atoms with Crippen LogP contribution in [0.3, 0.4) is 0 Å². The van der Waals surface area contributed by atoms with E-state index in [0.717, 1.165) is 39.0 Å². The Kier molecular flexibility index (Phi) is 9.35. The largest absolute Gasteiger partial charge is 0.489 e. The van der Waals surface area contributed by atoms with Gasteiger partial charge in [0.1, 0.15) is 23.7 Å². The zero-order chi connectivity index (χ0) is 27.8. The summed E-state index contributed by atoms with van der Waals surface area (Å²) in [7, 11) is 1.67. The maximum Gasteiger partial charge on any atom is 0.310 e. The number of furan rings is 1. The minimum Gasteiger partial charge on any atom is -0.489 e. The van der Waals surface area contributed by atoms with Gasteiger partial charge in [0.25, 0.3) is 0 Å². The van der Waals surface area contributed by atoms with Crippen LogP contribution in [0.25, 0.3) is 22.1 Å². The number of anilines is 1. The first-order chi connectivity index (χ1) is 18.9. The molecule has 0 unspecified atom stereocenters. The van der Waals surface area contributed by atoms with Crippen molar-refractivity contribution in [2.24, 2.45) is 5.73 Å². The van der Waals surface area contributed by atoms with Crippen molar-refractivity contribution < 1.29 is 28.2 Å². The Morgan fingerprint density at radius 2 is 1.87 bits per heavy atom. The first kappa shape index (κ1) is 27.9. The average Bonchev–Trinajstić information content (AvgIpc) is 3.34. The van der Waals surface area contributed by atoms with Gasteiger partial charge in [-0.25, -0.2) is 0 Å².